The highest BCUT2D eigenvalue weighted by molar-refractivity contribution is 7.90. The summed E-state index contributed by atoms with van der Waals surface area (Å²) < 4.78 is 30.6. The van der Waals surface area contributed by atoms with Gasteiger partial charge in [-0.1, -0.05) is 53.7 Å². The molecule has 0 atom stereocenters. The number of hydrogen-bond donors (Lipinski definition) is 2. The van der Waals surface area contributed by atoms with Crippen LogP contribution in [0.1, 0.15) is 21.5 Å². The topological polar surface area (TPSA) is 127 Å². The number of hydrogen-bond acceptors (Lipinski definition) is 7. The number of amides is 1. The van der Waals surface area contributed by atoms with Gasteiger partial charge in [-0.3, -0.25) is 4.79 Å². The number of anilines is 1. The van der Waals surface area contributed by atoms with E-state index in [1.165, 1.54) is 12.1 Å². The lowest BCUT2D eigenvalue weighted by Crippen LogP contribution is -2.16. The molecule has 0 unspecified atom stereocenters. The molecule has 0 radical (unpaired) electrons. The number of rotatable bonds is 8. The summed E-state index contributed by atoms with van der Waals surface area (Å²) in [4.78, 5) is 17.6. The highest BCUT2D eigenvalue weighted by Crippen LogP contribution is 2.26. The van der Waals surface area contributed by atoms with Crippen LogP contribution in [0.2, 0.25) is 0 Å². The van der Waals surface area contributed by atoms with Crippen LogP contribution in [0.5, 0.6) is 0 Å². The first-order valence-electron chi connectivity index (χ1n) is 11.4. The molecular formula is C27H23N5O4S. The molecular weight excluding hydrogens is 490 g/mol. The molecule has 0 aliphatic carbocycles. The van der Waals surface area contributed by atoms with Crippen LogP contribution in [0.15, 0.2) is 89.8 Å². The molecule has 0 saturated heterocycles. The fourth-order valence-electron chi connectivity index (χ4n) is 3.84. The molecule has 0 fully saturated rings. The fourth-order valence-corrected chi connectivity index (χ4v) is 4.70. The SMILES string of the molecule is CS(=O)(=O)c1ccc(-c2ccc3nn[nH]c3n2)cc1C(=O)Nc1ccc(COCc2ccccc2)cc1. The van der Waals surface area contributed by atoms with E-state index in [0.29, 0.717) is 41.3 Å². The Kier molecular flexibility index (Phi) is 6.76. The lowest BCUT2D eigenvalue weighted by atomic mass is 10.1. The first-order valence-corrected chi connectivity index (χ1v) is 13.3. The monoisotopic (exact) mass is 513 g/mol. The van der Waals surface area contributed by atoms with Crippen LogP contribution in [0.4, 0.5) is 5.69 Å². The van der Waals surface area contributed by atoms with Gasteiger partial charge >= 0.3 is 0 Å². The standard InChI is InChI=1S/C27H23N5O4S/c1-37(34,35)25-14-9-20(23-12-13-24-26(29-23)31-32-30-24)15-22(25)27(33)28-21-10-7-19(8-11-21)17-36-16-18-5-3-2-4-6-18/h2-15H,16-17H2,1H3,(H,28,33)(H,29,30,31,32). The minimum Gasteiger partial charge on any atom is -0.372 e. The molecule has 0 aliphatic heterocycles. The highest BCUT2D eigenvalue weighted by Gasteiger charge is 2.20. The predicted octanol–water partition coefficient (Wildman–Crippen LogP) is 4.39. The van der Waals surface area contributed by atoms with Crippen molar-refractivity contribution in [3.63, 3.8) is 0 Å². The smallest absolute Gasteiger partial charge is 0.257 e. The van der Waals surface area contributed by atoms with E-state index >= 15 is 0 Å². The number of ether oxygens (including phenoxy) is 1. The summed E-state index contributed by atoms with van der Waals surface area (Å²) in [6.07, 6.45) is 1.07. The molecule has 5 rings (SSSR count). The second-order valence-corrected chi connectivity index (χ2v) is 10.5. The number of aromatic amines is 1. The van der Waals surface area contributed by atoms with E-state index in [9.17, 15) is 13.2 Å². The number of nitrogens with one attached hydrogen (secondary N) is 2. The van der Waals surface area contributed by atoms with Crippen LogP contribution in [-0.4, -0.2) is 41.0 Å². The van der Waals surface area contributed by atoms with Crippen molar-refractivity contribution in [3.05, 3.63) is 102 Å². The van der Waals surface area contributed by atoms with Gasteiger partial charge in [0.25, 0.3) is 5.91 Å². The van der Waals surface area contributed by atoms with Gasteiger partial charge < -0.3 is 10.1 Å². The average Bonchev–Trinajstić information content (AvgIpc) is 3.37. The van der Waals surface area contributed by atoms with Crippen molar-refractivity contribution in [3.8, 4) is 11.3 Å². The molecule has 0 spiro atoms. The Morgan fingerprint density at radius 1 is 0.919 bits per heavy atom. The molecule has 2 heterocycles. The molecule has 37 heavy (non-hydrogen) atoms. The van der Waals surface area contributed by atoms with Crippen molar-refractivity contribution >= 4 is 32.6 Å². The molecule has 186 valence electrons. The number of nitrogens with zero attached hydrogens (tertiary/aromatic N) is 3. The Morgan fingerprint density at radius 3 is 2.38 bits per heavy atom. The summed E-state index contributed by atoms with van der Waals surface area (Å²) in [5.74, 6) is -0.542. The normalized spacial score (nSPS) is 11.5. The predicted molar refractivity (Wildman–Crippen MR) is 140 cm³/mol. The maximum absolute atomic E-state index is 13.2. The van der Waals surface area contributed by atoms with E-state index in [-0.39, 0.29) is 10.5 Å². The number of sulfone groups is 1. The third-order valence-electron chi connectivity index (χ3n) is 5.70. The largest absolute Gasteiger partial charge is 0.372 e. The van der Waals surface area contributed by atoms with Crippen molar-refractivity contribution in [2.75, 3.05) is 11.6 Å². The molecule has 1 amide bonds. The molecule has 2 N–H and O–H groups in total. The second kappa shape index (κ2) is 10.3. The van der Waals surface area contributed by atoms with Gasteiger partial charge in [-0.15, -0.1) is 5.10 Å². The third-order valence-corrected chi connectivity index (χ3v) is 6.85. The first-order chi connectivity index (χ1) is 17.9. The first kappa shape index (κ1) is 24.3. The lowest BCUT2D eigenvalue weighted by molar-refractivity contribution is 0.102. The highest BCUT2D eigenvalue weighted by atomic mass is 32.2. The van der Waals surface area contributed by atoms with Gasteiger partial charge in [0, 0.05) is 17.5 Å². The minimum atomic E-state index is -3.66. The zero-order chi connectivity index (χ0) is 25.8. The summed E-state index contributed by atoms with van der Waals surface area (Å²) in [5.41, 5.74) is 4.82. The summed E-state index contributed by atoms with van der Waals surface area (Å²) in [6.45, 7) is 0.926. The van der Waals surface area contributed by atoms with Crippen molar-refractivity contribution in [2.24, 2.45) is 0 Å². The van der Waals surface area contributed by atoms with E-state index in [1.54, 1.807) is 30.3 Å². The number of fused-ring (bicyclic) bond motifs is 1. The lowest BCUT2D eigenvalue weighted by Gasteiger charge is -2.12. The third kappa shape index (κ3) is 5.71. The number of aromatic nitrogens is 4. The van der Waals surface area contributed by atoms with Crippen LogP contribution in [-0.2, 0) is 27.8 Å². The maximum atomic E-state index is 13.2. The summed E-state index contributed by atoms with van der Waals surface area (Å²) >= 11 is 0. The van der Waals surface area contributed by atoms with E-state index in [2.05, 4.69) is 25.7 Å². The number of H-pyrrole nitrogens is 1. The van der Waals surface area contributed by atoms with Crippen molar-refractivity contribution in [2.45, 2.75) is 18.1 Å². The van der Waals surface area contributed by atoms with Gasteiger partial charge in [0.2, 0.25) is 0 Å². The summed E-state index contributed by atoms with van der Waals surface area (Å²) in [5, 5.41) is 13.1. The molecule has 9 nitrogen and oxygen atoms in total. The Labute approximate surface area is 213 Å². The Hall–Kier alpha value is -4.41. The molecule has 0 saturated carbocycles. The number of carbonyl (C=O) groups excluding carboxylic acids is 1. The second-order valence-electron chi connectivity index (χ2n) is 8.49. The molecule has 2 aromatic heterocycles. The van der Waals surface area contributed by atoms with Crippen LogP contribution in [0.25, 0.3) is 22.4 Å². The molecule has 10 heteroatoms. The molecule has 5 aromatic rings. The van der Waals surface area contributed by atoms with Gasteiger partial charge in [-0.25, -0.2) is 18.5 Å². The van der Waals surface area contributed by atoms with Crippen LogP contribution in [0, 0.1) is 0 Å². The average molecular weight is 514 g/mol. The van der Waals surface area contributed by atoms with Gasteiger partial charge in [0.05, 0.1) is 29.4 Å². The maximum Gasteiger partial charge on any atom is 0.257 e. The van der Waals surface area contributed by atoms with E-state index < -0.39 is 15.7 Å². The van der Waals surface area contributed by atoms with Gasteiger partial charge in [-0.05, 0) is 47.5 Å². The van der Waals surface area contributed by atoms with Crippen molar-refractivity contribution < 1.29 is 17.9 Å². The van der Waals surface area contributed by atoms with Crippen molar-refractivity contribution in [1.82, 2.24) is 20.4 Å². The Bertz CT molecular complexity index is 1670. The molecule has 0 aliphatic rings. The van der Waals surface area contributed by atoms with Gasteiger partial charge in [-0.2, -0.15) is 0 Å². The Balaban J connectivity index is 1.33. The fraction of sp³-hybridized carbons (Fsp3) is 0.111. The van der Waals surface area contributed by atoms with Gasteiger partial charge in [0.15, 0.2) is 15.5 Å². The van der Waals surface area contributed by atoms with Crippen LogP contribution >= 0.6 is 0 Å². The van der Waals surface area contributed by atoms with E-state index in [1.807, 2.05) is 42.5 Å². The number of carbonyl (C=O) groups is 1. The number of pyridine rings is 1. The van der Waals surface area contributed by atoms with Crippen molar-refractivity contribution in [1.29, 1.82) is 0 Å². The quantitative estimate of drug-likeness (QED) is 0.315. The summed E-state index contributed by atoms with van der Waals surface area (Å²) in [7, 11) is -3.66. The summed E-state index contributed by atoms with van der Waals surface area (Å²) in [6, 6.07) is 25.2. The van der Waals surface area contributed by atoms with Gasteiger partial charge in [0.1, 0.15) is 5.52 Å². The van der Waals surface area contributed by atoms with E-state index in [4.69, 9.17) is 4.74 Å². The zero-order valence-electron chi connectivity index (χ0n) is 19.9. The van der Waals surface area contributed by atoms with Crippen LogP contribution < -0.4 is 5.32 Å². The van der Waals surface area contributed by atoms with Crippen LogP contribution in [0.3, 0.4) is 0 Å². The Morgan fingerprint density at radius 2 is 1.65 bits per heavy atom. The number of benzene rings is 3. The molecule has 0 bridgehead atoms. The van der Waals surface area contributed by atoms with E-state index in [0.717, 1.165) is 17.4 Å². The minimum absolute atomic E-state index is 0.0277. The zero-order valence-corrected chi connectivity index (χ0v) is 20.7. The molecule has 3 aromatic carbocycles.